The van der Waals surface area contributed by atoms with Crippen LogP contribution in [0.4, 0.5) is 0 Å². The molecule has 6 heteroatoms. The fraction of sp³-hybridized carbons (Fsp3) is 0.533. The number of nitrogens with two attached hydrogens (primary N) is 1. The van der Waals surface area contributed by atoms with Gasteiger partial charge in [-0.15, -0.1) is 0 Å². The van der Waals surface area contributed by atoms with E-state index in [0.29, 0.717) is 0 Å². The molecule has 0 aromatic heterocycles. The predicted molar refractivity (Wildman–Crippen MR) is 81.2 cm³/mol. The van der Waals surface area contributed by atoms with Crippen molar-refractivity contribution in [3.05, 3.63) is 29.8 Å². The van der Waals surface area contributed by atoms with E-state index in [-0.39, 0.29) is 11.4 Å². The monoisotopic (exact) mass is 310 g/mol. The molecule has 116 valence electrons. The van der Waals surface area contributed by atoms with Gasteiger partial charge in [-0.05, 0) is 30.5 Å². The molecule has 0 spiro atoms. The van der Waals surface area contributed by atoms with Crippen LogP contribution < -0.4 is 5.73 Å². The van der Waals surface area contributed by atoms with Gasteiger partial charge in [-0.25, -0.2) is 8.42 Å². The number of aryl methyl sites for hydroxylation is 1. The summed E-state index contributed by atoms with van der Waals surface area (Å²) in [6.07, 6.45) is 5.72. The van der Waals surface area contributed by atoms with Gasteiger partial charge in [0.2, 0.25) is 15.9 Å². The summed E-state index contributed by atoms with van der Waals surface area (Å²) in [5.41, 5.74) is 6.26. The molecular weight excluding hydrogens is 288 g/mol. The Kier molecular flexibility index (Phi) is 5.00. The Morgan fingerprint density at radius 1 is 1.24 bits per heavy atom. The summed E-state index contributed by atoms with van der Waals surface area (Å²) in [6, 6.07) is 6.24. The maximum absolute atomic E-state index is 12.2. The number of unbranched alkanes of at least 4 members (excludes halogenated alkanes) is 3. The Labute approximate surface area is 126 Å². The van der Waals surface area contributed by atoms with E-state index in [0.717, 1.165) is 22.7 Å². The van der Waals surface area contributed by atoms with Gasteiger partial charge >= 0.3 is 0 Å². The molecule has 5 nitrogen and oxygen atoms in total. The number of nitrogens with zero attached hydrogens (tertiary/aromatic N) is 1. The Balaban J connectivity index is 1.97. The van der Waals surface area contributed by atoms with Crippen LogP contribution in [-0.2, 0) is 21.2 Å². The summed E-state index contributed by atoms with van der Waals surface area (Å²) < 4.78 is 25.6. The third kappa shape index (κ3) is 3.83. The molecule has 1 aliphatic rings. The number of hydrogen-bond donors (Lipinski definition) is 1. The molecule has 1 aliphatic heterocycles. The largest absolute Gasteiger partial charge is 0.368 e. The zero-order chi connectivity index (χ0) is 15.5. The van der Waals surface area contributed by atoms with Crippen molar-refractivity contribution in [2.24, 2.45) is 5.73 Å². The highest BCUT2D eigenvalue weighted by Crippen LogP contribution is 2.28. The molecule has 0 bridgehead atoms. The Bertz CT molecular complexity index is 596. The summed E-state index contributed by atoms with van der Waals surface area (Å²) in [4.78, 5) is 11.2. The van der Waals surface area contributed by atoms with E-state index in [1.54, 1.807) is 12.1 Å². The molecule has 0 radical (unpaired) electrons. The predicted octanol–water partition coefficient (Wildman–Crippen LogP) is 1.67. The standard InChI is InChI=1S/C15H22N2O3S/c1-2-3-4-5-6-12-7-9-13(10-8-12)21(19,20)17-11-14(17)15(16)18/h7-10,14H,2-6,11H2,1H3,(H2,16,18). The van der Waals surface area contributed by atoms with Gasteiger partial charge in [-0.2, -0.15) is 4.31 Å². The molecular formula is C15H22N2O3S. The van der Waals surface area contributed by atoms with Crippen LogP contribution in [0.5, 0.6) is 0 Å². The average molecular weight is 310 g/mol. The van der Waals surface area contributed by atoms with Gasteiger partial charge in [-0.3, -0.25) is 4.79 Å². The van der Waals surface area contributed by atoms with Gasteiger partial charge in [0.05, 0.1) is 4.90 Å². The molecule has 2 N–H and O–H groups in total. The summed E-state index contributed by atoms with van der Waals surface area (Å²) in [7, 11) is -3.57. The van der Waals surface area contributed by atoms with Crippen LogP contribution in [0.2, 0.25) is 0 Å². The van der Waals surface area contributed by atoms with Crippen LogP contribution in [0.25, 0.3) is 0 Å². The van der Waals surface area contributed by atoms with Crippen LogP contribution in [-0.4, -0.2) is 31.2 Å². The van der Waals surface area contributed by atoms with Gasteiger partial charge in [0.1, 0.15) is 6.04 Å². The molecule has 1 fully saturated rings. The second-order valence-corrected chi connectivity index (χ2v) is 7.34. The van der Waals surface area contributed by atoms with E-state index >= 15 is 0 Å². The average Bonchev–Trinajstić information content (AvgIpc) is 3.25. The van der Waals surface area contributed by atoms with E-state index < -0.39 is 22.0 Å². The highest BCUT2D eigenvalue weighted by atomic mass is 32.2. The maximum Gasteiger partial charge on any atom is 0.243 e. The number of benzene rings is 1. The first-order valence-corrected chi connectivity index (χ1v) is 8.81. The van der Waals surface area contributed by atoms with Gasteiger partial charge in [0.15, 0.2) is 0 Å². The third-order valence-electron chi connectivity index (χ3n) is 3.74. The van der Waals surface area contributed by atoms with E-state index in [1.165, 1.54) is 19.3 Å². The molecule has 1 amide bonds. The van der Waals surface area contributed by atoms with E-state index in [1.807, 2.05) is 12.1 Å². The first-order chi connectivity index (χ1) is 9.96. The molecule has 2 unspecified atom stereocenters. The summed E-state index contributed by atoms with van der Waals surface area (Å²) in [5, 5.41) is 0. The van der Waals surface area contributed by atoms with Crippen LogP contribution >= 0.6 is 0 Å². The van der Waals surface area contributed by atoms with Crippen molar-refractivity contribution < 1.29 is 13.2 Å². The summed E-state index contributed by atoms with van der Waals surface area (Å²) in [6.45, 7) is 2.36. The molecule has 0 saturated carbocycles. The lowest BCUT2D eigenvalue weighted by atomic mass is 10.1. The van der Waals surface area contributed by atoms with Crippen molar-refractivity contribution >= 4 is 15.9 Å². The van der Waals surface area contributed by atoms with Crippen molar-refractivity contribution in [3.8, 4) is 0 Å². The minimum absolute atomic E-state index is 0.191. The zero-order valence-corrected chi connectivity index (χ0v) is 13.1. The van der Waals surface area contributed by atoms with E-state index in [2.05, 4.69) is 6.92 Å². The lowest BCUT2D eigenvalue weighted by Gasteiger charge is -2.07. The van der Waals surface area contributed by atoms with Crippen molar-refractivity contribution in [3.63, 3.8) is 0 Å². The molecule has 0 aliphatic carbocycles. The number of primary amides is 1. The maximum atomic E-state index is 12.2. The first-order valence-electron chi connectivity index (χ1n) is 7.37. The number of hydrogen-bond acceptors (Lipinski definition) is 3. The molecule has 21 heavy (non-hydrogen) atoms. The second-order valence-electron chi connectivity index (χ2n) is 5.45. The number of sulfonamides is 1. The normalized spacial score (nSPS) is 21.2. The number of carbonyl (C=O) groups is 1. The van der Waals surface area contributed by atoms with Crippen molar-refractivity contribution in [2.45, 2.75) is 50.0 Å². The topological polar surface area (TPSA) is 80.2 Å². The van der Waals surface area contributed by atoms with Crippen LogP contribution in [0.15, 0.2) is 29.2 Å². The molecule has 2 atom stereocenters. The van der Waals surface area contributed by atoms with Crippen molar-refractivity contribution in [1.29, 1.82) is 0 Å². The van der Waals surface area contributed by atoms with Crippen molar-refractivity contribution in [2.75, 3.05) is 6.54 Å². The van der Waals surface area contributed by atoms with Crippen LogP contribution in [0, 0.1) is 0 Å². The Morgan fingerprint density at radius 3 is 2.43 bits per heavy atom. The molecule has 2 rings (SSSR count). The van der Waals surface area contributed by atoms with Crippen molar-refractivity contribution in [1.82, 2.24) is 4.31 Å². The lowest BCUT2D eigenvalue weighted by molar-refractivity contribution is -0.117. The second kappa shape index (κ2) is 6.58. The Morgan fingerprint density at radius 2 is 1.90 bits per heavy atom. The van der Waals surface area contributed by atoms with Crippen LogP contribution in [0.1, 0.15) is 38.2 Å². The summed E-state index contributed by atoms with van der Waals surface area (Å²) in [5.74, 6) is -0.592. The molecule has 1 aromatic carbocycles. The van der Waals surface area contributed by atoms with Crippen LogP contribution in [0.3, 0.4) is 0 Å². The lowest BCUT2D eigenvalue weighted by Crippen LogP contribution is -2.24. The minimum Gasteiger partial charge on any atom is -0.368 e. The molecule has 1 saturated heterocycles. The van der Waals surface area contributed by atoms with E-state index in [4.69, 9.17) is 5.73 Å². The number of carbonyl (C=O) groups excluding carboxylic acids is 1. The van der Waals surface area contributed by atoms with Gasteiger partial charge in [0.25, 0.3) is 0 Å². The highest BCUT2D eigenvalue weighted by molar-refractivity contribution is 7.89. The van der Waals surface area contributed by atoms with Gasteiger partial charge in [0, 0.05) is 6.54 Å². The Hall–Kier alpha value is -1.40. The quantitative estimate of drug-likeness (QED) is 0.586. The SMILES string of the molecule is CCCCCCc1ccc(S(=O)(=O)N2CC2C(N)=O)cc1. The minimum atomic E-state index is -3.57. The van der Waals surface area contributed by atoms with Gasteiger partial charge in [-0.1, -0.05) is 38.3 Å². The fourth-order valence-corrected chi connectivity index (χ4v) is 3.87. The number of amides is 1. The fourth-order valence-electron chi connectivity index (χ4n) is 2.34. The summed E-state index contributed by atoms with van der Waals surface area (Å²) >= 11 is 0. The van der Waals surface area contributed by atoms with E-state index in [9.17, 15) is 13.2 Å². The third-order valence-corrected chi connectivity index (χ3v) is 5.63. The zero-order valence-electron chi connectivity index (χ0n) is 12.3. The highest BCUT2D eigenvalue weighted by Gasteiger charge is 2.48. The first kappa shape index (κ1) is 16.0. The molecule has 1 aromatic rings. The smallest absolute Gasteiger partial charge is 0.243 e. The molecule has 1 heterocycles. The number of rotatable bonds is 8. The van der Waals surface area contributed by atoms with Gasteiger partial charge < -0.3 is 5.73 Å².